The average Bonchev–Trinajstić information content (AvgIpc) is 2.67. The van der Waals surface area contributed by atoms with Gasteiger partial charge >= 0.3 is 0 Å². The maximum Gasteiger partial charge on any atom is 0.256 e. The minimum absolute atomic E-state index is 0.120. The largest absolute Gasteiger partial charge is 0.470 e. The Bertz CT molecular complexity index is 386. The van der Waals surface area contributed by atoms with Crippen LogP contribution >= 0.6 is 12.2 Å². The van der Waals surface area contributed by atoms with Gasteiger partial charge in [-0.05, 0) is 31.6 Å². The van der Waals surface area contributed by atoms with E-state index in [1.807, 2.05) is 11.9 Å². The van der Waals surface area contributed by atoms with Gasteiger partial charge in [0, 0.05) is 19.6 Å². The van der Waals surface area contributed by atoms with E-state index in [2.05, 4.69) is 5.32 Å². The smallest absolute Gasteiger partial charge is 0.256 e. The molecule has 0 spiro atoms. The van der Waals surface area contributed by atoms with Gasteiger partial charge in [-0.15, -0.1) is 0 Å². The molecule has 0 amide bonds. The molecule has 1 fully saturated rings. The van der Waals surface area contributed by atoms with Crippen LogP contribution in [0.1, 0.15) is 6.42 Å². The monoisotopic (exact) mass is 310 g/mol. The Balaban J connectivity index is 2.09. The molecule has 112 valence electrons. The van der Waals surface area contributed by atoms with Crippen molar-refractivity contribution in [3.63, 3.8) is 0 Å². The molecular weight excluding hydrogens is 288 g/mol. The molecule has 0 unspecified atom stereocenters. The van der Waals surface area contributed by atoms with Gasteiger partial charge in [0.15, 0.2) is 9.84 Å². The van der Waals surface area contributed by atoms with Gasteiger partial charge in [0.05, 0.1) is 18.1 Å². The predicted octanol–water partition coefficient (Wildman–Crippen LogP) is -0.764. The highest BCUT2D eigenvalue weighted by atomic mass is 32.2. The fraction of sp³-hybridized carbons (Fsp3) is 0.909. The number of sulfone groups is 1. The fourth-order valence-corrected chi connectivity index (χ4v) is 3.92. The zero-order chi connectivity index (χ0) is 14.3. The molecule has 2 N–H and O–H groups in total. The third kappa shape index (κ3) is 7.05. The molecule has 6 nitrogen and oxygen atoms in total. The molecule has 8 heteroatoms. The van der Waals surface area contributed by atoms with Crippen molar-refractivity contribution in [2.75, 3.05) is 51.4 Å². The van der Waals surface area contributed by atoms with Gasteiger partial charge in [-0.2, -0.15) is 0 Å². The van der Waals surface area contributed by atoms with Crippen molar-refractivity contribution in [1.82, 2.24) is 10.2 Å². The van der Waals surface area contributed by atoms with Crippen molar-refractivity contribution in [3.05, 3.63) is 0 Å². The topological polar surface area (TPSA) is 78.9 Å². The molecule has 0 radical (unpaired) electrons. The third-order valence-electron chi connectivity index (χ3n) is 3.05. The van der Waals surface area contributed by atoms with Gasteiger partial charge < -0.3 is 20.1 Å². The van der Waals surface area contributed by atoms with Crippen LogP contribution in [0.4, 0.5) is 0 Å². The van der Waals surface area contributed by atoms with Crippen LogP contribution in [0.15, 0.2) is 0 Å². The molecule has 1 aliphatic heterocycles. The SMILES string of the molecule is CN(CCO)CCOC(=S)NC[C@H]1CCS(=O)(=O)C1. The molecule has 19 heavy (non-hydrogen) atoms. The van der Waals surface area contributed by atoms with Crippen LogP contribution < -0.4 is 5.32 Å². The standard InChI is InChI=1S/C11H22N2O4S2/c1-13(3-5-14)4-6-17-11(18)12-8-10-2-7-19(15,16)9-10/h10,14H,2-9H2,1H3,(H,12,18)/t10-/m1/s1. The number of aliphatic hydroxyl groups is 1. The molecule has 0 aromatic carbocycles. The number of nitrogens with zero attached hydrogens (tertiary/aromatic N) is 1. The number of ether oxygens (including phenoxy) is 1. The molecule has 1 heterocycles. The number of rotatable bonds is 7. The summed E-state index contributed by atoms with van der Waals surface area (Å²) in [6.07, 6.45) is 0.692. The molecule has 0 aromatic rings. The Morgan fingerprint density at radius 3 is 2.84 bits per heavy atom. The van der Waals surface area contributed by atoms with Crippen molar-refractivity contribution in [2.24, 2.45) is 5.92 Å². The summed E-state index contributed by atoms with van der Waals surface area (Å²) in [5.74, 6) is 0.643. The van der Waals surface area contributed by atoms with Gasteiger partial charge in [-0.25, -0.2) is 8.42 Å². The van der Waals surface area contributed by atoms with Gasteiger partial charge in [-0.1, -0.05) is 0 Å². The first-order valence-electron chi connectivity index (χ1n) is 6.33. The van der Waals surface area contributed by atoms with Gasteiger partial charge in [0.1, 0.15) is 6.61 Å². The molecule has 0 aliphatic carbocycles. The van der Waals surface area contributed by atoms with Crippen molar-refractivity contribution < 1.29 is 18.3 Å². The summed E-state index contributed by atoms with van der Waals surface area (Å²) in [6.45, 7) is 2.40. The van der Waals surface area contributed by atoms with Crippen molar-refractivity contribution >= 4 is 27.2 Å². The summed E-state index contributed by atoms with van der Waals surface area (Å²) in [6, 6.07) is 0. The van der Waals surface area contributed by atoms with E-state index in [0.717, 1.165) is 0 Å². The van der Waals surface area contributed by atoms with Crippen LogP contribution in [-0.2, 0) is 14.6 Å². The minimum Gasteiger partial charge on any atom is -0.470 e. The van der Waals surface area contributed by atoms with Crippen molar-refractivity contribution in [3.8, 4) is 0 Å². The summed E-state index contributed by atoms with van der Waals surface area (Å²) < 4.78 is 27.9. The van der Waals surface area contributed by atoms with E-state index in [1.54, 1.807) is 0 Å². The van der Waals surface area contributed by atoms with E-state index in [9.17, 15) is 8.42 Å². The first-order valence-corrected chi connectivity index (χ1v) is 8.56. The normalized spacial score (nSPS) is 21.5. The fourth-order valence-electron chi connectivity index (χ4n) is 1.89. The molecule has 1 rings (SSSR count). The molecule has 0 bridgehead atoms. The average molecular weight is 310 g/mol. The van der Waals surface area contributed by atoms with Crippen LogP contribution in [0.25, 0.3) is 0 Å². The maximum absolute atomic E-state index is 11.3. The number of hydrogen-bond donors (Lipinski definition) is 2. The summed E-state index contributed by atoms with van der Waals surface area (Å²) in [5.41, 5.74) is 0. The van der Waals surface area contributed by atoms with E-state index in [0.29, 0.717) is 37.8 Å². The predicted molar refractivity (Wildman–Crippen MR) is 77.9 cm³/mol. The van der Waals surface area contributed by atoms with E-state index in [4.69, 9.17) is 22.1 Å². The molecule has 0 aromatic heterocycles. The lowest BCUT2D eigenvalue weighted by Crippen LogP contribution is -2.33. The van der Waals surface area contributed by atoms with Crippen LogP contribution in [0.3, 0.4) is 0 Å². The van der Waals surface area contributed by atoms with E-state index >= 15 is 0 Å². The molecule has 0 saturated carbocycles. The molecule has 1 atom stereocenters. The highest BCUT2D eigenvalue weighted by molar-refractivity contribution is 7.91. The molecular formula is C11H22N2O4S2. The quantitative estimate of drug-likeness (QED) is 0.598. The second-order valence-corrected chi connectivity index (χ2v) is 7.41. The zero-order valence-corrected chi connectivity index (χ0v) is 12.8. The first kappa shape index (κ1) is 16.6. The van der Waals surface area contributed by atoms with E-state index in [-0.39, 0.29) is 24.0 Å². The van der Waals surface area contributed by atoms with Crippen molar-refractivity contribution in [1.29, 1.82) is 0 Å². The van der Waals surface area contributed by atoms with Gasteiger partial charge in [0.2, 0.25) is 0 Å². The Labute approximate surface area is 120 Å². The highest BCUT2D eigenvalue weighted by Crippen LogP contribution is 2.17. The summed E-state index contributed by atoms with van der Waals surface area (Å²) in [4.78, 5) is 1.94. The Morgan fingerprint density at radius 2 is 2.26 bits per heavy atom. The Morgan fingerprint density at radius 1 is 1.53 bits per heavy atom. The van der Waals surface area contributed by atoms with E-state index in [1.165, 1.54) is 0 Å². The summed E-state index contributed by atoms with van der Waals surface area (Å²) in [5, 5.41) is 12.0. The number of thiocarbonyl (C=S) groups is 1. The lowest BCUT2D eigenvalue weighted by molar-refractivity contribution is 0.187. The second-order valence-electron chi connectivity index (χ2n) is 4.81. The van der Waals surface area contributed by atoms with Gasteiger partial charge in [0.25, 0.3) is 5.17 Å². The van der Waals surface area contributed by atoms with Crippen LogP contribution in [0, 0.1) is 5.92 Å². The van der Waals surface area contributed by atoms with Crippen LogP contribution in [-0.4, -0.2) is 75.0 Å². The Kier molecular flexibility index (Phi) is 6.98. The maximum atomic E-state index is 11.3. The van der Waals surface area contributed by atoms with Crippen molar-refractivity contribution in [2.45, 2.75) is 6.42 Å². The lowest BCUT2D eigenvalue weighted by atomic mass is 10.1. The number of hydrogen-bond acceptors (Lipinski definition) is 6. The Hall–Kier alpha value is -0.440. The number of aliphatic hydroxyl groups excluding tert-OH is 1. The molecule has 1 aliphatic rings. The zero-order valence-electron chi connectivity index (χ0n) is 11.2. The first-order chi connectivity index (χ1) is 8.93. The van der Waals surface area contributed by atoms with E-state index < -0.39 is 9.84 Å². The number of nitrogens with one attached hydrogen (secondary N) is 1. The second kappa shape index (κ2) is 7.98. The highest BCUT2D eigenvalue weighted by Gasteiger charge is 2.27. The summed E-state index contributed by atoms with van der Waals surface area (Å²) in [7, 11) is -0.944. The lowest BCUT2D eigenvalue weighted by Gasteiger charge is -2.16. The minimum atomic E-state index is -2.83. The molecule has 1 saturated heterocycles. The van der Waals surface area contributed by atoms with Gasteiger partial charge in [-0.3, -0.25) is 0 Å². The van der Waals surface area contributed by atoms with Crippen LogP contribution in [0.5, 0.6) is 0 Å². The van der Waals surface area contributed by atoms with Crippen LogP contribution in [0.2, 0.25) is 0 Å². The summed E-state index contributed by atoms with van der Waals surface area (Å²) >= 11 is 5.01. The third-order valence-corrected chi connectivity index (χ3v) is 5.15. The number of likely N-dealkylation sites (N-methyl/N-ethyl adjacent to an activating group) is 1.